The second-order valence-electron chi connectivity index (χ2n) is 4.29. The molecule has 1 aromatic heterocycles. The van der Waals surface area contributed by atoms with Crippen LogP contribution in [0.25, 0.3) is 0 Å². The highest BCUT2D eigenvalue weighted by molar-refractivity contribution is 7.98. The maximum absolute atomic E-state index is 13.0. The van der Waals surface area contributed by atoms with Gasteiger partial charge in [0.15, 0.2) is 23.1 Å². The lowest BCUT2D eigenvalue weighted by molar-refractivity contribution is 0.0947. The molecule has 1 aromatic carbocycles. The van der Waals surface area contributed by atoms with Gasteiger partial charge in [-0.1, -0.05) is 5.16 Å². The number of carbonyl (C=O) groups excluding carboxylic acids is 1. The van der Waals surface area contributed by atoms with Gasteiger partial charge in [0.25, 0.3) is 5.91 Å². The van der Waals surface area contributed by atoms with Gasteiger partial charge < -0.3 is 14.6 Å². The zero-order valence-electron chi connectivity index (χ0n) is 11.8. The molecule has 0 unspecified atom stereocenters. The predicted octanol–water partition coefficient (Wildman–Crippen LogP) is 2.62. The molecule has 1 amide bonds. The van der Waals surface area contributed by atoms with E-state index < -0.39 is 11.6 Å². The van der Waals surface area contributed by atoms with E-state index in [1.807, 2.05) is 6.26 Å². The molecule has 0 fully saturated rings. The largest absolute Gasteiger partial charge is 0.485 e. The molecule has 5 nitrogen and oxygen atoms in total. The van der Waals surface area contributed by atoms with Crippen LogP contribution in [0.3, 0.4) is 0 Å². The molecule has 118 valence electrons. The van der Waals surface area contributed by atoms with Crippen LogP contribution in [-0.4, -0.2) is 29.6 Å². The average Bonchev–Trinajstić information content (AvgIpc) is 2.98. The van der Waals surface area contributed by atoms with E-state index >= 15 is 0 Å². The second kappa shape index (κ2) is 7.79. The van der Waals surface area contributed by atoms with E-state index in [4.69, 9.17) is 9.26 Å². The summed E-state index contributed by atoms with van der Waals surface area (Å²) >= 11 is 1.62. The van der Waals surface area contributed by atoms with E-state index in [-0.39, 0.29) is 24.0 Å². The van der Waals surface area contributed by atoms with Crippen molar-refractivity contribution in [1.82, 2.24) is 10.5 Å². The van der Waals surface area contributed by atoms with Crippen molar-refractivity contribution in [2.45, 2.75) is 6.61 Å². The molecule has 8 heteroatoms. The molecule has 0 saturated carbocycles. The van der Waals surface area contributed by atoms with Crippen molar-refractivity contribution in [3.63, 3.8) is 0 Å². The fraction of sp³-hybridized carbons (Fsp3) is 0.286. The predicted molar refractivity (Wildman–Crippen MR) is 77.9 cm³/mol. The summed E-state index contributed by atoms with van der Waals surface area (Å²) in [6, 6.07) is 4.64. The first-order valence-corrected chi connectivity index (χ1v) is 7.80. The Bertz CT molecular complexity index is 649. The van der Waals surface area contributed by atoms with E-state index in [1.54, 1.807) is 11.8 Å². The number of amides is 1. The summed E-state index contributed by atoms with van der Waals surface area (Å²) in [5.41, 5.74) is 0.144. The lowest BCUT2D eigenvalue weighted by Gasteiger charge is -2.03. The van der Waals surface area contributed by atoms with E-state index in [0.717, 1.165) is 17.9 Å². The normalized spacial score (nSPS) is 10.5. The summed E-state index contributed by atoms with van der Waals surface area (Å²) < 4.78 is 36.0. The van der Waals surface area contributed by atoms with Gasteiger partial charge in [-0.2, -0.15) is 11.8 Å². The third kappa shape index (κ3) is 4.45. The minimum Gasteiger partial charge on any atom is -0.485 e. The standard InChI is InChI=1S/C14H14F2N2O3S/c1-22-5-4-17-14(19)13-7-10(21-18-13)8-20-9-2-3-11(15)12(16)6-9/h2-3,6-7H,4-5,8H2,1H3,(H,17,19). The molecule has 22 heavy (non-hydrogen) atoms. The number of aromatic nitrogens is 1. The van der Waals surface area contributed by atoms with Crippen LogP contribution < -0.4 is 10.1 Å². The van der Waals surface area contributed by atoms with Crippen molar-refractivity contribution in [2.24, 2.45) is 0 Å². The van der Waals surface area contributed by atoms with Gasteiger partial charge in [0.1, 0.15) is 12.4 Å². The highest BCUT2D eigenvalue weighted by Crippen LogP contribution is 2.17. The van der Waals surface area contributed by atoms with Crippen molar-refractivity contribution in [3.05, 3.63) is 47.4 Å². The van der Waals surface area contributed by atoms with E-state index in [1.165, 1.54) is 12.1 Å². The quantitative estimate of drug-likeness (QED) is 0.792. The molecule has 0 saturated heterocycles. The number of nitrogens with one attached hydrogen (secondary N) is 1. The summed E-state index contributed by atoms with van der Waals surface area (Å²) in [6.45, 7) is 0.490. The number of hydrogen-bond acceptors (Lipinski definition) is 5. The summed E-state index contributed by atoms with van der Waals surface area (Å²) in [5, 5.41) is 6.32. The molecular formula is C14H14F2N2O3S. The number of thioether (sulfide) groups is 1. The van der Waals surface area contributed by atoms with Crippen LogP contribution in [0.15, 0.2) is 28.8 Å². The minimum absolute atomic E-state index is 0.0455. The number of benzene rings is 1. The monoisotopic (exact) mass is 328 g/mol. The lowest BCUT2D eigenvalue weighted by Crippen LogP contribution is -2.25. The second-order valence-corrected chi connectivity index (χ2v) is 5.28. The number of halogens is 2. The molecular weight excluding hydrogens is 314 g/mol. The molecule has 0 aliphatic rings. The topological polar surface area (TPSA) is 64.4 Å². The van der Waals surface area contributed by atoms with Gasteiger partial charge in [-0.05, 0) is 18.4 Å². The Morgan fingerprint density at radius 3 is 2.91 bits per heavy atom. The molecule has 0 bridgehead atoms. The Labute approximate surface area is 130 Å². The Morgan fingerprint density at radius 2 is 2.18 bits per heavy atom. The highest BCUT2D eigenvalue weighted by Gasteiger charge is 2.12. The Hall–Kier alpha value is -2.09. The first-order valence-electron chi connectivity index (χ1n) is 6.40. The van der Waals surface area contributed by atoms with Gasteiger partial charge in [-0.25, -0.2) is 8.78 Å². The Balaban J connectivity index is 1.88. The van der Waals surface area contributed by atoms with Crippen molar-refractivity contribution >= 4 is 17.7 Å². The van der Waals surface area contributed by atoms with Crippen LogP contribution in [0.1, 0.15) is 16.2 Å². The van der Waals surface area contributed by atoms with E-state index in [9.17, 15) is 13.6 Å². The molecule has 1 heterocycles. The Kier molecular flexibility index (Phi) is 5.76. The molecule has 0 radical (unpaired) electrons. The SMILES string of the molecule is CSCCNC(=O)c1cc(COc2ccc(F)c(F)c2)on1. The first-order chi connectivity index (χ1) is 10.6. The zero-order chi connectivity index (χ0) is 15.9. The van der Waals surface area contributed by atoms with Crippen LogP contribution >= 0.6 is 11.8 Å². The summed E-state index contributed by atoms with van der Waals surface area (Å²) in [5.74, 6) is -1.02. The number of carbonyl (C=O) groups is 1. The third-order valence-electron chi connectivity index (χ3n) is 2.66. The van der Waals surface area contributed by atoms with E-state index in [2.05, 4.69) is 10.5 Å². The number of ether oxygens (including phenoxy) is 1. The van der Waals surface area contributed by atoms with Crippen molar-refractivity contribution in [2.75, 3.05) is 18.6 Å². The Morgan fingerprint density at radius 1 is 1.36 bits per heavy atom. The molecule has 0 aliphatic heterocycles. The van der Waals surface area contributed by atoms with Crippen molar-refractivity contribution < 1.29 is 22.8 Å². The fourth-order valence-electron chi connectivity index (χ4n) is 1.57. The fourth-order valence-corrected chi connectivity index (χ4v) is 1.87. The van der Waals surface area contributed by atoms with Crippen LogP contribution in [0.4, 0.5) is 8.78 Å². The van der Waals surface area contributed by atoms with Gasteiger partial charge in [-0.3, -0.25) is 4.79 Å². The highest BCUT2D eigenvalue weighted by atomic mass is 32.2. The molecule has 0 atom stereocenters. The van der Waals surface area contributed by atoms with Gasteiger partial charge in [0.2, 0.25) is 0 Å². The first kappa shape index (κ1) is 16.3. The van der Waals surface area contributed by atoms with E-state index in [0.29, 0.717) is 12.3 Å². The number of rotatable bonds is 7. The number of nitrogens with zero attached hydrogens (tertiary/aromatic N) is 1. The molecule has 2 aromatic rings. The summed E-state index contributed by atoms with van der Waals surface area (Å²) in [6.07, 6.45) is 1.94. The molecule has 1 N–H and O–H groups in total. The molecule has 0 aliphatic carbocycles. The zero-order valence-corrected chi connectivity index (χ0v) is 12.6. The number of hydrogen-bond donors (Lipinski definition) is 1. The molecule has 2 rings (SSSR count). The summed E-state index contributed by atoms with van der Waals surface area (Å²) in [7, 11) is 0. The van der Waals surface area contributed by atoms with Crippen LogP contribution in [0.5, 0.6) is 5.75 Å². The van der Waals surface area contributed by atoms with Gasteiger partial charge in [0, 0.05) is 24.4 Å². The average molecular weight is 328 g/mol. The van der Waals surface area contributed by atoms with Gasteiger partial charge >= 0.3 is 0 Å². The lowest BCUT2D eigenvalue weighted by atomic mass is 10.3. The third-order valence-corrected chi connectivity index (χ3v) is 3.27. The molecule has 0 spiro atoms. The maximum atomic E-state index is 13.0. The maximum Gasteiger partial charge on any atom is 0.273 e. The van der Waals surface area contributed by atoms with Crippen molar-refractivity contribution in [3.8, 4) is 5.75 Å². The van der Waals surface area contributed by atoms with Crippen LogP contribution in [-0.2, 0) is 6.61 Å². The van der Waals surface area contributed by atoms with Gasteiger partial charge in [0.05, 0.1) is 0 Å². The van der Waals surface area contributed by atoms with Crippen molar-refractivity contribution in [1.29, 1.82) is 0 Å². The summed E-state index contributed by atoms with van der Waals surface area (Å²) in [4.78, 5) is 11.7. The van der Waals surface area contributed by atoms with Crippen LogP contribution in [0.2, 0.25) is 0 Å². The minimum atomic E-state index is -0.996. The van der Waals surface area contributed by atoms with Crippen LogP contribution in [0, 0.1) is 11.6 Å². The van der Waals surface area contributed by atoms with Gasteiger partial charge in [-0.15, -0.1) is 0 Å². The smallest absolute Gasteiger partial charge is 0.273 e.